The van der Waals surface area contributed by atoms with E-state index in [1.165, 1.54) is 0 Å². The minimum absolute atomic E-state index is 0.101. The molecule has 0 saturated carbocycles. The van der Waals surface area contributed by atoms with Crippen LogP contribution >= 0.6 is 0 Å². The summed E-state index contributed by atoms with van der Waals surface area (Å²) in [5, 5.41) is 35.0. The lowest BCUT2D eigenvalue weighted by Crippen LogP contribution is -2.40. The fourth-order valence-electron chi connectivity index (χ4n) is 1.46. The van der Waals surface area contributed by atoms with Crippen molar-refractivity contribution in [2.75, 3.05) is 66.1 Å². The Morgan fingerprint density at radius 1 is 0.550 bits per heavy atom. The topological polar surface area (TPSA) is 118 Å². The van der Waals surface area contributed by atoms with E-state index in [2.05, 4.69) is 0 Å². The highest BCUT2D eigenvalue weighted by molar-refractivity contribution is 4.71. The molecule has 0 rings (SSSR count). The zero-order valence-electron chi connectivity index (χ0n) is 11.6. The third-order valence-corrected chi connectivity index (χ3v) is 2.30. The van der Waals surface area contributed by atoms with Crippen LogP contribution in [-0.2, 0) is 18.9 Å². The van der Waals surface area contributed by atoms with Crippen LogP contribution in [0.2, 0.25) is 0 Å². The monoisotopic (exact) mass is 298 g/mol. The predicted molar refractivity (Wildman–Crippen MR) is 69.5 cm³/mol. The maximum absolute atomic E-state index is 8.81. The van der Waals surface area contributed by atoms with Gasteiger partial charge in [0, 0.05) is 0 Å². The Bertz CT molecular complexity index is 172. The maximum atomic E-state index is 8.81. The summed E-state index contributed by atoms with van der Waals surface area (Å²) < 4.78 is 21.3. The molecule has 8 nitrogen and oxygen atoms in total. The van der Waals surface area contributed by atoms with E-state index in [1.54, 1.807) is 0 Å². The second-order valence-corrected chi connectivity index (χ2v) is 3.86. The molecule has 122 valence electrons. The van der Waals surface area contributed by atoms with Gasteiger partial charge in [-0.3, -0.25) is 0 Å². The third kappa shape index (κ3) is 10.5. The molecule has 0 saturated heterocycles. The van der Waals surface area contributed by atoms with Gasteiger partial charge in [-0.25, -0.2) is 0 Å². The number of hydrogen-bond donors (Lipinski definition) is 4. The molecule has 20 heavy (non-hydrogen) atoms. The summed E-state index contributed by atoms with van der Waals surface area (Å²) in [4.78, 5) is 0. The van der Waals surface area contributed by atoms with E-state index < -0.39 is 12.2 Å². The smallest absolute Gasteiger partial charge is 0.109 e. The summed E-state index contributed by atoms with van der Waals surface area (Å²) >= 11 is 0. The van der Waals surface area contributed by atoms with Crippen molar-refractivity contribution in [3.63, 3.8) is 0 Å². The number of hydrogen-bond acceptors (Lipinski definition) is 8. The lowest BCUT2D eigenvalue weighted by atomic mass is 10.2. The maximum Gasteiger partial charge on any atom is 0.109 e. The molecule has 0 aliphatic heterocycles. The zero-order chi connectivity index (χ0) is 15.1. The zero-order valence-corrected chi connectivity index (χ0v) is 11.6. The van der Waals surface area contributed by atoms with Gasteiger partial charge in [-0.05, 0) is 0 Å². The van der Waals surface area contributed by atoms with Gasteiger partial charge >= 0.3 is 0 Å². The summed E-state index contributed by atoms with van der Waals surface area (Å²) in [6.07, 6.45) is -1.00. The Balaban J connectivity index is 4.32. The molecule has 0 fully saturated rings. The summed E-state index contributed by atoms with van der Waals surface area (Å²) in [6.45, 7) is 0.427. The molecule has 0 bridgehead atoms. The third-order valence-electron chi connectivity index (χ3n) is 2.30. The van der Waals surface area contributed by atoms with Crippen molar-refractivity contribution in [3.05, 3.63) is 0 Å². The van der Waals surface area contributed by atoms with Gasteiger partial charge in [-0.1, -0.05) is 0 Å². The van der Waals surface area contributed by atoms with Gasteiger partial charge in [0.1, 0.15) is 12.2 Å². The van der Waals surface area contributed by atoms with Crippen LogP contribution in [0.4, 0.5) is 0 Å². The number of ether oxygens (including phenoxy) is 4. The van der Waals surface area contributed by atoms with Gasteiger partial charge in [0.05, 0.1) is 66.1 Å². The summed E-state index contributed by atoms with van der Waals surface area (Å²) in [5.41, 5.74) is 0. The highest BCUT2D eigenvalue weighted by atomic mass is 16.6. The van der Waals surface area contributed by atoms with Crippen LogP contribution < -0.4 is 0 Å². The van der Waals surface area contributed by atoms with Crippen molar-refractivity contribution < 1.29 is 39.4 Å². The van der Waals surface area contributed by atoms with Gasteiger partial charge in [-0.2, -0.15) is 0 Å². The fraction of sp³-hybridized carbons (Fsp3) is 1.00. The quantitative estimate of drug-likeness (QED) is 0.251. The van der Waals surface area contributed by atoms with Crippen molar-refractivity contribution in [1.29, 1.82) is 0 Å². The van der Waals surface area contributed by atoms with Gasteiger partial charge in [0.25, 0.3) is 0 Å². The Labute approximate surface area is 118 Å². The van der Waals surface area contributed by atoms with Crippen molar-refractivity contribution in [3.8, 4) is 0 Å². The van der Waals surface area contributed by atoms with Crippen LogP contribution in [0.1, 0.15) is 0 Å². The molecule has 0 radical (unpaired) electrons. The molecule has 4 N–H and O–H groups in total. The minimum Gasteiger partial charge on any atom is -0.394 e. The normalized spacial score (nSPS) is 14.4. The Kier molecular flexibility index (Phi) is 14.8. The Morgan fingerprint density at radius 2 is 0.900 bits per heavy atom. The molecule has 0 aliphatic rings. The predicted octanol–water partition coefficient (Wildman–Crippen LogP) is -2.24. The van der Waals surface area contributed by atoms with Crippen LogP contribution in [0.3, 0.4) is 0 Å². The Morgan fingerprint density at radius 3 is 1.20 bits per heavy atom. The van der Waals surface area contributed by atoms with Crippen LogP contribution in [0.5, 0.6) is 0 Å². The summed E-state index contributed by atoms with van der Waals surface area (Å²) in [7, 11) is 0. The highest BCUT2D eigenvalue weighted by Crippen LogP contribution is 2.07. The van der Waals surface area contributed by atoms with E-state index in [0.717, 1.165) is 0 Å². The summed E-state index contributed by atoms with van der Waals surface area (Å²) in [6, 6.07) is 0. The molecular weight excluding hydrogens is 272 g/mol. The molecule has 0 amide bonds. The Hall–Kier alpha value is -0.320. The van der Waals surface area contributed by atoms with Crippen LogP contribution in [0.15, 0.2) is 0 Å². The molecule has 0 heterocycles. The second-order valence-electron chi connectivity index (χ2n) is 3.86. The lowest BCUT2D eigenvalue weighted by Gasteiger charge is -2.27. The highest BCUT2D eigenvalue weighted by Gasteiger charge is 2.23. The molecule has 8 heteroatoms. The molecule has 0 aromatic rings. The SMILES string of the molecule is OCCOCC(OCCO)C(COCCO)OCCO. The molecule has 0 aliphatic carbocycles. The van der Waals surface area contributed by atoms with Crippen molar-refractivity contribution in [2.45, 2.75) is 12.2 Å². The van der Waals surface area contributed by atoms with Gasteiger partial charge in [0.2, 0.25) is 0 Å². The van der Waals surface area contributed by atoms with Crippen LogP contribution in [0, 0.1) is 0 Å². The van der Waals surface area contributed by atoms with Gasteiger partial charge < -0.3 is 39.4 Å². The first-order valence-corrected chi connectivity index (χ1v) is 6.62. The van der Waals surface area contributed by atoms with Crippen LogP contribution in [-0.4, -0.2) is 98.7 Å². The van der Waals surface area contributed by atoms with Crippen LogP contribution in [0.25, 0.3) is 0 Å². The van der Waals surface area contributed by atoms with E-state index in [9.17, 15) is 0 Å². The van der Waals surface area contributed by atoms with E-state index in [0.29, 0.717) is 0 Å². The first kappa shape index (κ1) is 19.7. The average molecular weight is 298 g/mol. The van der Waals surface area contributed by atoms with Crippen molar-refractivity contribution in [2.24, 2.45) is 0 Å². The number of aliphatic hydroxyl groups is 4. The molecule has 0 spiro atoms. The molecule has 0 aromatic carbocycles. The molecule has 2 atom stereocenters. The lowest BCUT2D eigenvalue weighted by molar-refractivity contribution is -0.136. The van der Waals surface area contributed by atoms with E-state index in [4.69, 9.17) is 39.4 Å². The van der Waals surface area contributed by atoms with Gasteiger partial charge in [0.15, 0.2) is 0 Å². The van der Waals surface area contributed by atoms with Crippen molar-refractivity contribution >= 4 is 0 Å². The largest absolute Gasteiger partial charge is 0.394 e. The van der Waals surface area contributed by atoms with Gasteiger partial charge in [-0.15, -0.1) is 0 Å². The minimum atomic E-state index is -0.501. The fourth-order valence-corrected chi connectivity index (χ4v) is 1.46. The van der Waals surface area contributed by atoms with E-state index in [1.807, 2.05) is 0 Å². The molecule has 2 unspecified atom stereocenters. The molecular formula is C12H26O8. The number of rotatable bonds is 15. The van der Waals surface area contributed by atoms with E-state index in [-0.39, 0.29) is 66.1 Å². The average Bonchev–Trinajstić information content (AvgIpc) is 2.47. The van der Waals surface area contributed by atoms with Crippen molar-refractivity contribution in [1.82, 2.24) is 0 Å². The number of aliphatic hydroxyl groups excluding tert-OH is 4. The first-order chi connectivity index (χ1) is 9.79. The standard InChI is InChI=1S/C12H26O8/c13-1-5-17-9-11(19-7-3-15)12(20-8-4-16)10-18-6-2-14/h11-16H,1-10H2. The second kappa shape index (κ2) is 15.1. The van der Waals surface area contributed by atoms with E-state index >= 15 is 0 Å². The first-order valence-electron chi connectivity index (χ1n) is 6.62. The molecule has 0 aromatic heterocycles. The summed E-state index contributed by atoms with van der Waals surface area (Å²) in [5.74, 6) is 0.